The second-order valence-corrected chi connectivity index (χ2v) is 8.62. The number of nitrogens with one attached hydrogen (secondary N) is 1. The van der Waals surface area contributed by atoms with E-state index in [0.717, 1.165) is 48.3 Å². The minimum absolute atomic E-state index is 0.350. The Kier molecular flexibility index (Phi) is 7.94. The third-order valence-electron chi connectivity index (χ3n) is 5.83. The molecule has 0 bridgehead atoms. The number of nitrogens with zero attached hydrogens (tertiary/aromatic N) is 3. The molecule has 0 saturated heterocycles. The van der Waals surface area contributed by atoms with Gasteiger partial charge in [0.25, 0.3) is 0 Å². The minimum Gasteiger partial charge on any atom is -0.477 e. The SMILES string of the molecule is CCC/C=C(\C)CNc1cc(-c2cccnc2OCC)nc2c(C)c(CC)n(C(C)C)c12. The van der Waals surface area contributed by atoms with Crippen LogP contribution in [0.3, 0.4) is 0 Å². The fraction of sp³-hybridized carbons (Fsp3) is 0.481. The summed E-state index contributed by atoms with van der Waals surface area (Å²) in [6.45, 7) is 16.7. The van der Waals surface area contributed by atoms with Crippen LogP contribution in [0.2, 0.25) is 0 Å². The zero-order chi connectivity index (χ0) is 23.3. The Balaban J connectivity index is 2.23. The number of ether oxygens (including phenoxy) is 1. The number of aromatic nitrogens is 3. The molecule has 0 fully saturated rings. The van der Waals surface area contributed by atoms with E-state index in [-0.39, 0.29) is 0 Å². The Morgan fingerprint density at radius 2 is 2.03 bits per heavy atom. The summed E-state index contributed by atoms with van der Waals surface area (Å²) in [6, 6.07) is 6.49. The number of anilines is 1. The highest BCUT2D eigenvalue weighted by Gasteiger charge is 2.21. The Morgan fingerprint density at radius 3 is 2.69 bits per heavy atom. The summed E-state index contributed by atoms with van der Waals surface area (Å²) in [5.41, 5.74) is 9.10. The maximum Gasteiger partial charge on any atom is 0.222 e. The molecule has 0 aliphatic carbocycles. The Morgan fingerprint density at radius 1 is 1.25 bits per heavy atom. The van der Waals surface area contributed by atoms with E-state index in [2.05, 4.69) is 68.6 Å². The van der Waals surface area contributed by atoms with Gasteiger partial charge in [0.05, 0.1) is 34.6 Å². The lowest BCUT2D eigenvalue weighted by Gasteiger charge is -2.18. The molecule has 3 heterocycles. The van der Waals surface area contributed by atoms with E-state index in [1.807, 2.05) is 19.1 Å². The van der Waals surface area contributed by atoms with Crippen molar-refractivity contribution < 1.29 is 4.74 Å². The predicted octanol–water partition coefficient (Wildman–Crippen LogP) is 7.11. The number of hydrogen-bond acceptors (Lipinski definition) is 4. The summed E-state index contributed by atoms with van der Waals surface area (Å²) in [5.74, 6) is 0.628. The summed E-state index contributed by atoms with van der Waals surface area (Å²) in [6.07, 6.45) is 7.34. The second-order valence-electron chi connectivity index (χ2n) is 8.62. The largest absolute Gasteiger partial charge is 0.477 e. The van der Waals surface area contributed by atoms with Gasteiger partial charge < -0.3 is 14.6 Å². The van der Waals surface area contributed by atoms with Gasteiger partial charge in [-0.3, -0.25) is 0 Å². The Bertz CT molecular complexity index is 1090. The highest BCUT2D eigenvalue weighted by atomic mass is 16.5. The molecule has 0 saturated carbocycles. The summed E-state index contributed by atoms with van der Waals surface area (Å²) in [7, 11) is 0. The molecule has 0 unspecified atom stereocenters. The number of rotatable bonds is 10. The zero-order valence-electron chi connectivity index (χ0n) is 20.7. The number of allylic oxidation sites excluding steroid dienone is 1. The Labute approximate surface area is 192 Å². The molecule has 0 aromatic carbocycles. The molecule has 0 amide bonds. The van der Waals surface area contributed by atoms with Gasteiger partial charge in [-0.05, 0) is 71.2 Å². The van der Waals surface area contributed by atoms with Gasteiger partial charge in [0.15, 0.2) is 0 Å². The van der Waals surface area contributed by atoms with Crippen LogP contribution in [0.5, 0.6) is 5.88 Å². The average molecular weight is 435 g/mol. The van der Waals surface area contributed by atoms with Gasteiger partial charge in [-0.15, -0.1) is 0 Å². The van der Waals surface area contributed by atoms with E-state index in [1.54, 1.807) is 6.20 Å². The van der Waals surface area contributed by atoms with E-state index in [9.17, 15) is 0 Å². The van der Waals surface area contributed by atoms with Crippen LogP contribution in [0.1, 0.15) is 71.7 Å². The van der Waals surface area contributed by atoms with Gasteiger partial charge in [-0.1, -0.05) is 31.9 Å². The third kappa shape index (κ3) is 4.82. The highest BCUT2D eigenvalue weighted by Crippen LogP contribution is 2.37. The van der Waals surface area contributed by atoms with Crippen molar-refractivity contribution in [3.05, 3.63) is 47.3 Å². The van der Waals surface area contributed by atoms with Crippen molar-refractivity contribution in [2.75, 3.05) is 18.5 Å². The monoisotopic (exact) mass is 434 g/mol. The van der Waals surface area contributed by atoms with Crippen LogP contribution in [0.15, 0.2) is 36.0 Å². The lowest BCUT2D eigenvalue weighted by molar-refractivity contribution is 0.328. The molecule has 0 radical (unpaired) electrons. The second kappa shape index (κ2) is 10.7. The number of hydrogen-bond donors (Lipinski definition) is 1. The smallest absolute Gasteiger partial charge is 0.222 e. The van der Waals surface area contributed by atoms with Gasteiger partial charge >= 0.3 is 0 Å². The molecule has 0 aliphatic rings. The summed E-state index contributed by atoms with van der Waals surface area (Å²) >= 11 is 0. The van der Waals surface area contributed by atoms with Crippen molar-refractivity contribution >= 4 is 16.7 Å². The highest BCUT2D eigenvalue weighted by molar-refractivity contribution is 5.95. The maximum absolute atomic E-state index is 5.82. The van der Waals surface area contributed by atoms with Crippen LogP contribution in [0.4, 0.5) is 5.69 Å². The molecule has 5 nitrogen and oxygen atoms in total. The third-order valence-corrected chi connectivity index (χ3v) is 5.83. The quantitative estimate of drug-likeness (QED) is 0.346. The molecule has 32 heavy (non-hydrogen) atoms. The lowest BCUT2D eigenvalue weighted by atomic mass is 10.1. The summed E-state index contributed by atoms with van der Waals surface area (Å²) in [5, 5.41) is 3.73. The number of unbranched alkanes of at least 4 members (excludes halogenated alkanes) is 1. The summed E-state index contributed by atoms with van der Waals surface area (Å²) < 4.78 is 8.26. The first-order valence-electron chi connectivity index (χ1n) is 11.9. The van der Waals surface area contributed by atoms with Gasteiger partial charge in [0.1, 0.15) is 0 Å². The minimum atomic E-state index is 0.350. The van der Waals surface area contributed by atoms with Crippen LogP contribution in [-0.2, 0) is 6.42 Å². The molecule has 3 rings (SSSR count). The standard InChI is InChI=1S/C27H38N4O/c1-8-11-13-19(6)17-29-23-16-22(21-14-12-15-28-27(21)32-10-3)30-25-20(7)24(9-2)31(18(4)5)26(23)25/h12-16,18H,8-11,17H2,1-7H3,(H,29,30)/b19-13+. The van der Waals surface area contributed by atoms with Crippen LogP contribution >= 0.6 is 0 Å². The molecule has 0 aliphatic heterocycles. The molecule has 1 N–H and O–H groups in total. The molecular formula is C27H38N4O. The lowest BCUT2D eigenvalue weighted by Crippen LogP contribution is -2.09. The fourth-order valence-electron chi connectivity index (χ4n) is 4.31. The molecule has 0 atom stereocenters. The fourth-order valence-corrected chi connectivity index (χ4v) is 4.31. The number of pyridine rings is 2. The molecule has 172 valence electrons. The maximum atomic E-state index is 5.82. The molecular weight excluding hydrogens is 396 g/mol. The van der Waals surface area contributed by atoms with Crippen LogP contribution in [0.25, 0.3) is 22.3 Å². The Hall–Kier alpha value is -2.82. The first-order valence-corrected chi connectivity index (χ1v) is 11.9. The van der Waals surface area contributed by atoms with Crippen molar-refractivity contribution in [1.29, 1.82) is 0 Å². The van der Waals surface area contributed by atoms with Crippen molar-refractivity contribution in [2.45, 2.75) is 73.8 Å². The van der Waals surface area contributed by atoms with Gasteiger partial charge in [-0.25, -0.2) is 9.97 Å². The average Bonchev–Trinajstić information content (AvgIpc) is 3.08. The van der Waals surface area contributed by atoms with Crippen molar-refractivity contribution in [2.24, 2.45) is 0 Å². The van der Waals surface area contributed by atoms with Gasteiger partial charge in [0, 0.05) is 24.5 Å². The molecule has 5 heteroatoms. The zero-order valence-corrected chi connectivity index (χ0v) is 20.7. The predicted molar refractivity (Wildman–Crippen MR) is 136 cm³/mol. The van der Waals surface area contributed by atoms with E-state index < -0.39 is 0 Å². The molecule has 0 spiro atoms. The van der Waals surface area contributed by atoms with E-state index in [0.29, 0.717) is 18.5 Å². The molecule has 3 aromatic rings. The summed E-state index contributed by atoms with van der Waals surface area (Å²) in [4.78, 5) is 9.60. The number of fused-ring (bicyclic) bond motifs is 1. The normalized spacial score (nSPS) is 12.1. The van der Waals surface area contributed by atoms with Crippen molar-refractivity contribution in [1.82, 2.24) is 14.5 Å². The first-order chi connectivity index (χ1) is 15.4. The number of aryl methyl sites for hydroxylation is 1. The topological polar surface area (TPSA) is 52.0 Å². The van der Waals surface area contributed by atoms with E-state index in [1.165, 1.54) is 22.3 Å². The van der Waals surface area contributed by atoms with Crippen molar-refractivity contribution in [3.63, 3.8) is 0 Å². The molecule has 3 aromatic heterocycles. The van der Waals surface area contributed by atoms with Gasteiger partial charge in [-0.2, -0.15) is 0 Å². The van der Waals surface area contributed by atoms with E-state index in [4.69, 9.17) is 9.72 Å². The van der Waals surface area contributed by atoms with Crippen LogP contribution in [0, 0.1) is 6.92 Å². The van der Waals surface area contributed by atoms with E-state index >= 15 is 0 Å². The van der Waals surface area contributed by atoms with Crippen LogP contribution < -0.4 is 10.1 Å². The van der Waals surface area contributed by atoms with Crippen LogP contribution in [-0.4, -0.2) is 27.7 Å². The van der Waals surface area contributed by atoms with Gasteiger partial charge in [0.2, 0.25) is 5.88 Å². The first kappa shape index (κ1) is 23.8. The van der Waals surface area contributed by atoms with Crippen molar-refractivity contribution in [3.8, 4) is 17.1 Å².